The molecule has 0 radical (unpaired) electrons. The fourth-order valence-corrected chi connectivity index (χ4v) is 5.12. The van der Waals surface area contributed by atoms with Gasteiger partial charge in [0.15, 0.2) is 0 Å². The number of nitrogens with zero attached hydrogens (tertiary/aromatic N) is 5. The highest BCUT2D eigenvalue weighted by Gasteiger charge is 2.19. The zero-order valence-corrected chi connectivity index (χ0v) is 24.3. The summed E-state index contributed by atoms with van der Waals surface area (Å²) in [6.07, 6.45) is 9.68. The fourth-order valence-electron chi connectivity index (χ4n) is 4.94. The van der Waals surface area contributed by atoms with Gasteiger partial charge in [0, 0.05) is 40.5 Å². The molecule has 0 aliphatic carbocycles. The summed E-state index contributed by atoms with van der Waals surface area (Å²) in [5, 5.41) is 17.9. The highest BCUT2D eigenvalue weighted by atomic mass is 35.5. The standard InChI is InChI=1S/C31H30ClN7O4/c1-43-31(42)16-20-7-10-24-21-13-14-33-27(18-21)25(5-3-2-4-6-29(40)36-26(24)15-20)35-30(41)12-8-22-17-23(32)9-11-28(22)39-19-34-37-38-39/h7-15,17-19,25H,2-6,16H2,1H3,(H,35,41)(H,36,40)/b12-8+/t25-/m0/s1. The second-order valence-electron chi connectivity index (χ2n) is 10.1. The molecule has 220 valence electrons. The average molecular weight is 600 g/mol. The van der Waals surface area contributed by atoms with Crippen LogP contribution in [0.25, 0.3) is 22.9 Å². The maximum atomic E-state index is 13.2. The van der Waals surface area contributed by atoms with E-state index in [4.69, 9.17) is 16.3 Å². The van der Waals surface area contributed by atoms with Crippen LogP contribution in [-0.2, 0) is 25.5 Å². The van der Waals surface area contributed by atoms with Crippen molar-refractivity contribution in [3.63, 3.8) is 0 Å². The molecule has 12 heteroatoms. The maximum Gasteiger partial charge on any atom is 0.309 e. The van der Waals surface area contributed by atoms with Gasteiger partial charge in [0.1, 0.15) is 6.33 Å². The van der Waals surface area contributed by atoms with Gasteiger partial charge in [0.05, 0.1) is 31.0 Å². The third-order valence-electron chi connectivity index (χ3n) is 7.10. The number of pyridine rings is 1. The number of fused-ring (bicyclic) bond motifs is 4. The van der Waals surface area contributed by atoms with Crippen LogP contribution >= 0.6 is 11.6 Å². The summed E-state index contributed by atoms with van der Waals surface area (Å²) < 4.78 is 6.30. The van der Waals surface area contributed by atoms with E-state index in [0.29, 0.717) is 46.9 Å². The third kappa shape index (κ3) is 7.69. The van der Waals surface area contributed by atoms with Crippen LogP contribution in [0.15, 0.2) is 67.1 Å². The lowest BCUT2D eigenvalue weighted by atomic mass is 9.98. The first-order chi connectivity index (χ1) is 20.9. The zero-order chi connectivity index (χ0) is 30.2. The van der Waals surface area contributed by atoms with Crippen molar-refractivity contribution in [3.8, 4) is 16.8 Å². The van der Waals surface area contributed by atoms with E-state index in [0.717, 1.165) is 29.5 Å². The number of aromatic nitrogens is 5. The first kappa shape index (κ1) is 29.6. The molecule has 2 amide bonds. The summed E-state index contributed by atoms with van der Waals surface area (Å²) in [6, 6.07) is 14.2. The van der Waals surface area contributed by atoms with Gasteiger partial charge < -0.3 is 15.4 Å². The molecule has 3 heterocycles. The van der Waals surface area contributed by atoms with Gasteiger partial charge in [0.2, 0.25) is 11.8 Å². The van der Waals surface area contributed by atoms with Crippen LogP contribution in [-0.4, -0.2) is 50.1 Å². The molecule has 5 rings (SSSR count). The van der Waals surface area contributed by atoms with E-state index in [1.165, 1.54) is 24.2 Å². The number of benzene rings is 2. The highest BCUT2D eigenvalue weighted by molar-refractivity contribution is 6.30. The lowest BCUT2D eigenvalue weighted by Gasteiger charge is -2.19. The smallest absolute Gasteiger partial charge is 0.309 e. The molecule has 2 aromatic heterocycles. The van der Waals surface area contributed by atoms with E-state index in [2.05, 4.69) is 31.1 Å². The number of carbonyl (C=O) groups excluding carboxylic acids is 3. The molecule has 0 saturated heterocycles. The maximum absolute atomic E-state index is 13.2. The SMILES string of the molecule is COC(=O)Cc1ccc2c(c1)NC(=O)CCCCC[C@H](NC(=O)/C=C/c1cc(Cl)ccc1-n1cnnn1)c1cc-2ccn1. The monoisotopic (exact) mass is 599 g/mol. The molecule has 0 saturated carbocycles. The Balaban J connectivity index is 1.42. The predicted molar refractivity (Wildman–Crippen MR) is 161 cm³/mol. The molecule has 43 heavy (non-hydrogen) atoms. The minimum absolute atomic E-state index is 0.0925. The lowest BCUT2D eigenvalue weighted by Crippen LogP contribution is -2.27. The molecule has 1 aliphatic rings. The van der Waals surface area contributed by atoms with Crippen LogP contribution in [0.5, 0.6) is 0 Å². The number of rotatable bonds is 6. The normalized spacial score (nSPS) is 15.4. The molecular weight excluding hydrogens is 570 g/mol. The topological polar surface area (TPSA) is 141 Å². The lowest BCUT2D eigenvalue weighted by molar-refractivity contribution is -0.139. The van der Waals surface area contributed by atoms with Crippen molar-refractivity contribution in [1.82, 2.24) is 30.5 Å². The van der Waals surface area contributed by atoms with E-state index in [1.54, 1.807) is 36.5 Å². The van der Waals surface area contributed by atoms with Crippen molar-refractivity contribution in [1.29, 1.82) is 0 Å². The Morgan fingerprint density at radius 1 is 1.14 bits per heavy atom. The average Bonchev–Trinajstić information content (AvgIpc) is 3.54. The molecule has 0 fully saturated rings. The summed E-state index contributed by atoms with van der Waals surface area (Å²) >= 11 is 6.22. The van der Waals surface area contributed by atoms with E-state index in [9.17, 15) is 14.4 Å². The number of hydrogen-bond acceptors (Lipinski definition) is 8. The van der Waals surface area contributed by atoms with Gasteiger partial charge in [-0.25, -0.2) is 0 Å². The predicted octanol–water partition coefficient (Wildman–Crippen LogP) is 4.87. The molecule has 0 unspecified atom stereocenters. The second kappa shape index (κ2) is 13.8. The van der Waals surface area contributed by atoms with Crippen LogP contribution in [0.1, 0.15) is 55.0 Å². The Labute approximate surface area is 253 Å². The van der Waals surface area contributed by atoms with Crippen LogP contribution in [0.4, 0.5) is 5.69 Å². The van der Waals surface area contributed by atoms with Crippen LogP contribution < -0.4 is 10.6 Å². The molecule has 11 nitrogen and oxygen atoms in total. The molecule has 2 N–H and O–H groups in total. The minimum Gasteiger partial charge on any atom is -0.469 e. The number of tetrazole rings is 1. The number of anilines is 1. The van der Waals surface area contributed by atoms with Gasteiger partial charge in [-0.15, -0.1) is 5.10 Å². The van der Waals surface area contributed by atoms with Crippen molar-refractivity contribution >= 4 is 41.1 Å². The summed E-state index contributed by atoms with van der Waals surface area (Å²) in [6.45, 7) is 0. The number of esters is 1. The summed E-state index contributed by atoms with van der Waals surface area (Å²) in [5.41, 5.74) is 4.98. The van der Waals surface area contributed by atoms with Crippen LogP contribution in [0.2, 0.25) is 5.02 Å². The molecule has 1 atom stereocenters. The Kier molecular flexibility index (Phi) is 9.52. The second-order valence-corrected chi connectivity index (χ2v) is 10.5. The molecule has 2 bridgehead atoms. The highest BCUT2D eigenvalue weighted by Crippen LogP contribution is 2.32. The first-order valence-electron chi connectivity index (χ1n) is 13.9. The first-order valence-corrected chi connectivity index (χ1v) is 14.2. The van der Waals surface area contributed by atoms with Crippen molar-refractivity contribution in [2.24, 2.45) is 0 Å². The van der Waals surface area contributed by atoms with Gasteiger partial charge in [-0.3, -0.25) is 19.4 Å². The summed E-state index contributed by atoms with van der Waals surface area (Å²) in [7, 11) is 1.34. The number of halogens is 1. The van der Waals surface area contributed by atoms with Gasteiger partial charge in [-0.2, -0.15) is 4.68 Å². The van der Waals surface area contributed by atoms with Crippen molar-refractivity contribution in [2.45, 2.75) is 44.6 Å². The van der Waals surface area contributed by atoms with E-state index in [1.807, 2.05) is 24.3 Å². The molecular formula is C31H30ClN7O4. The number of ether oxygens (including phenoxy) is 1. The number of methoxy groups -OCH3 is 1. The molecule has 4 aromatic rings. The summed E-state index contributed by atoms with van der Waals surface area (Å²) in [4.78, 5) is 42.4. The molecule has 1 aliphatic heterocycles. The third-order valence-corrected chi connectivity index (χ3v) is 7.33. The van der Waals surface area contributed by atoms with Crippen molar-refractivity contribution < 1.29 is 19.1 Å². The van der Waals surface area contributed by atoms with Gasteiger partial charge in [-0.05, 0) is 76.9 Å². The van der Waals surface area contributed by atoms with Gasteiger partial charge >= 0.3 is 5.97 Å². The van der Waals surface area contributed by atoms with Crippen LogP contribution in [0.3, 0.4) is 0 Å². The molecule has 0 spiro atoms. The number of hydrogen-bond donors (Lipinski definition) is 2. The van der Waals surface area contributed by atoms with E-state index < -0.39 is 0 Å². The zero-order valence-electron chi connectivity index (χ0n) is 23.5. The largest absolute Gasteiger partial charge is 0.469 e. The number of nitrogens with one attached hydrogen (secondary N) is 2. The minimum atomic E-state index is -0.364. The molecule has 2 aromatic carbocycles. The quantitative estimate of drug-likeness (QED) is 0.236. The van der Waals surface area contributed by atoms with Crippen molar-refractivity contribution in [2.75, 3.05) is 12.4 Å². The Morgan fingerprint density at radius 3 is 2.84 bits per heavy atom. The number of carbonyl (C=O) groups is 3. The van der Waals surface area contributed by atoms with Gasteiger partial charge in [0.25, 0.3) is 0 Å². The van der Waals surface area contributed by atoms with E-state index in [-0.39, 0.29) is 30.2 Å². The van der Waals surface area contributed by atoms with Crippen molar-refractivity contribution in [3.05, 3.63) is 89.0 Å². The van der Waals surface area contributed by atoms with Crippen LogP contribution in [0, 0.1) is 0 Å². The Bertz CT molecular complexity index is 1660. The fraction of sp³-hybridized carbons (Fsp3) is 0.258. The Morgan fingerprint density at radius 2 is 2.02 bits per heavy atom. The number of amides is 2. The van der Waals surface area contributed by atoms with E-state index >= 15 is 0 Å². The Hall–Kier alpha value is -4.90. The summed E-state index contributed by atoms with van der Waals surface area (Å²) in [5.74, 6) is -0.757. The van der Waals surface area contributed by atoms with Gasteiger partial charge in [-0.1, -0.05) is 36.6 Å².